The van der Waals surface area contributed by atoms with Crippen molar-refractivity contribution < 1.29 is 23.1 Å². The van der Waals surface area contributed by atoms with Crippen molar-refractivity contribution in [3.05, 3.63) is 82.9 Å². The van der Waals surface area contributed by atoms with E-state index in [1.54, 1.807) is 28.4 Å². The van der Waals surface area contributed by atoms with Crippen molar-refractivity contribution in [1.29, 1.82) is 0 Å². The molecule has 1 unspecified atom stereocenters. The standard InChI is InChI=1S/C28H28F2N6O3/c1-2-39-28(38)24-13-20-7-6-18(16-36(20)33-24)32-27(37)22-15-31-35-11-9-19(14-26(22)35)34-10-3-4-25(34)21-12-17(29)5-8-23(21)30/h5,8-9,11-15,18,25H,2-4,6-7,10,16H2,1H3,(H,32,37)/t18?,25-/m1/s1. The van der Waals surface area contributed by atoms with Gasteiger partial charge in [0.05, 0.1) is 36.5 Å². The Hall–Kier alpha value is -4.28. The first-order chi connectivity index (χ1) is 18.9. The number of aryl methyl sites for hydroxylation is 1. The monoisotopic (exact) mass is 534 g/mol. The Kier molecular flexibility index (Phi) is 6.49. The van der Waals surface area contributed by atoms with E-state index in [1.165, 1.54) is 18.3 Å². The van der Waals surface area contributed by atoms with Gasteiger partial charge in [-0.15, -0.1) is 0 Å². The maximum Gasteiger partial charge on any atom is 0.358 e. The highest BCUT2D eigenvalue weighted by Crippen LogP contribution is 2.38. The zero-order valence-electron chi connectivity index (χ0n) is 21.4. The summed E-state index contributed by atoms with van der Waals surface area (Å²) in [5.41, 5.74) is 3.39. The third-order valence-electron chi connectivity index (χ3n) is 7.48. The normalized spacial score (nSPS) is 18.8. The number of ether oxygens (including phenoxy) is 1. The Labute approximate surface area is 223 Å². The number of aromatic nitrogens is 4. The molecule has 0 aliphatic carbocycles. The van der Waals surface area contributed by atoms with E-state index in [4.69, 9.17) is 4.74 Å². The highest BCUT2D eigenvalue weighted by molar-refractivity contribution is 6.01. The van der Waals surface area contributed by atoms with Gasteiger partial charge in [0.1, 0.15) is 11.6 Å². The first-order valence-corrected chi connectivity index (χ1v) is 13.1. The van der Waals surface area contributed by atoms with E-state index in [2.05, 4.69) is 15.5 Å². The van der Waals surface area contributed by atoms with Gasteiger partial charge in [0.15, 0.2) is 5.69 Å². The summed E-state index contributed by atoms with van der Waals surface area (Å²) in [4.78, 5) is 27.4. The lowest BCUT2D eigenvalue weighted by Crippen LogP contribution is -2.41. The number of nitrogens with one attached hydrogen (secondary N) is 1. The molecule has 1 N–H and O–H groups in total. The van der Waals surface area contributed by atoms with Gasteiger partial charge in [0, 0.05) is 35.7 Å². The molecule has 2 aliphatic heterocycles. The van der Waals surface area contributed by atoms with Crippen LogP contribution in [0.15, 0.2) is 48.8 Å². The second kappa shape index (κ2) is 10.1. The Balaban J connectivity index is 1.21. The largest absolute Gasteiger partial charge is 0.461 e. The molecule has 3 aromatic heterocycles. The third kappa shape index (κ3) is 4.73. The van der Waals surface area contributed by atoms with Crippen molar-refractivity contribution in [1.82, 2.24) is 24.7 Å². The van der Waals surface area contributed by atoms with Gasteiger partial charge in [-0.05, 0) is 69.0 Å². The fourth-order valence-electron chi connectivity index (χ4n) is 5.61. The van der Waals surface area contributed by atoms with E-state index in [0.717, 1.165) is 23.9 Å². The molecule has 1 aromatic carbocycles. The Morgan fingerprint density at radius 1 is 1.15 bits per heavy atom. The Bertz CT molecular complexity index is 1560. The van der Waals surface area contributed by atoms with Crippen molar-refractivity contribution in [2.24, 2.45) is 0 Å². The van der Waals surface area contributed by atoms with Crippen LogP contribution in [0.1, 0.15) is 64.3 Å². The molecule has 4 aromatic rings. The number of amides is 1. The minimum atomic E-state index is -0.467. The van der Waals surface area contributed by atoms with Crippen molar-refractivity contribution >= 4 is 23.1 Å². The maximum atomic E-state index is 14.6. The molecule has 1 saturated heterocycles. The van der Waals surface area contributed by atoms with Gasteiger partial charge in [-0.1, -0.05) is 0 Å². The van der Waals surface area contributed by atoms with Crippen molar-refractivity contribution in [3.8, 4) is 0 Å². The average Bonchev–Trinajstić information content (AvgIpc) is 3.67. The van der Waals surface area contributed by atoms with E-state index in [9.17, 15) is 18.4 Å². The van der Waals surface area contributed by atoms with Gasteiger partial charge in [0.2, 0.25) is 0 Å². The average molecular weight is 535 g/mol. The number of fused-ring (bicyclic) bond motifs is 2. The van der Waals surface area contributed by atoms with Crippen LogP contribution in [-0.2, 0) is 17.7 Å². The first-order valence-electron chi connectivity index (χ1n) is 13.1. The van der Waals surface area contributed by atoms with Crippen LogP contribution >= 0.6 is 0 Å². The molecular formula is C28H28F2N6O3. The number of anilines is 1. The van der Waals surface area contributed by atoms with Crippen molar-refractivity contribution in [2.45, 2.75) is 51.2 Å². The second-order valence-electron chi connectivity index (χ2n) is 9.92. The van der Waals surface area contributed by atoms with Crippen LogP contribution in [0.3, 0.4) is 0 Å². The zero-order chi connectivity index (χ0) is 27.1. The van der Waals surface area contributed by atoms with Crippen LogP contribution in [0.4, 0.5) is 14.5 Å². The van der Waals surface area contributed by atoms with Crippen molar-refractivity contribution in [3.63, 3.8) is 0 Å². The lowest BCUT2D eigenvalue weighted by atomic mass is 10.0. The van der Waals surface area contributed by atoms with E-state index in [-0.39, 0.29) is 30.3 Å². The molecule has 9 nitrogen and oxygen atoms in total. The number of pyridine rings is 1. The molecule has 2 aliphatic rings. The second-order valence-corrected chi connectivity index (χ2v) is 9.92. The molecule has 1 amide bonds. The number of hydrogen-bond donors (Lipinski definition) is 1. The summed E-state index contributed by atoms with van der Waals surface area (Å²) in [6.45, 7) is 3.16. The number of hydrogen-bond acceptors (Lipinski definition) is 6. The molecule has 6 rings (SSSR count). The van der Waals surface area contributed by atoms with E-state index >= 15 is 0 Å². The molecule has 0 bridgehead atoms. The highest BCUT2D eigenvalue weighted by Gasteiger charge is 2.30. The van der Waals surface area contributed by atoms with Crippen molar-refractivity contribution in [2.75, 3.05) is 18.1 Å². The van der Waals surface area contributed by atoms with Crippen LogP contribution in [0.5, 0.6) is 0 Å². The first kappa shape index (κ1) is 25.0. The number of carbonyl (C=O) groups is 2. The number of esters is 1. The smallest absolute Gasteiger partial charge is 0.358 e. The lowest BCUT2D eigenvalue weighted by Gasteiger charge is -2.27. The van der Waals surface area contributed by atoms with Gasteiger partial charge in [0.25, 0.3) is 5.91 Å². The lowest BCUT2D eigenvalue weighted by molar-refractivity contribution is 0.0517. The molecule has 0 radical (unpaired) electrons. The summed E-state index contributed by atoms with van der Waals surface area (Å²) < 4.78 is 36.9. The fraction of sp³-hybridized carbons (Fsp3) is 0.357. The number of rotatable bonds is 6. The quantitative estimate of drug-likeness (QED) is 0.375. The van der Waals surface area contributed by atoms with Gasteiger partial charge >= 0.3 is 5.97 Å². The summed E-state index contributed by atoms with van der Waals surface area (Å²) in [7, 11) is 0. The zero-order valence-corrected chi connectivity index (χ0v) is 21.4. The molecular weight excluding hydrogens is 506 g/mol. The summed E-state index contributed by atoms with van der Waals surface area (Å²) >= 11 is 0. The Morgan fingerprint density at radius 3 is 2.87 bits per heavy atom. The fourth-order valence-corrected chi connectivity index (χ4v) is 5.61. The highest BCUT2D eigenvalue weighted by atomic mass is 19.1. The van der Waals surface area contributed by atoms with E-state index in [1.807, 2.05) is 17.0 Å². The van der Waals surface area contributed by atoms with E-state index in [0.29, 0.717) is 49.0 Å². The van der Waals surface area contributed by atoms with Gasteiger partial charge in [-0.3, -0.25) is 9.48 Å². The predicted octanol–water partition coefficient (Wildman–Crippen LogP) is 4.07. The SMILES string of the molecule is CCOC(=O)c1cc2n(n1)CC(NC(=O)c1cnn3ccc(N4CCC[C@@H]4c4cc(F)ccc4F)cc13)CC2. The molecule has 202 valence electrons. The Morgan fingerprint density at radius 2 is 2.03 bits per heavy atom. The maximum absolute atomic E-state index is 14.6. The van der Waals surface area contributed by atoms with Crippen LogP contribution in [0.2, 0.25) is 0 Å². The minimum Gasteiger partial charge on any atom is -0.461 e. The number of halogens is 2. The van der Waals surface area contributed by atoms with Gasteiger partial charge in [-0.25, -0.2) is 18.1 Å². The number of nitrogens with zero attached hydrogens (tertiary/aromatic N) is 5. The summed E-state index contributed by atoms with van der Waals surface area (Å²) in [6, 6.07) is 8.57. The van der Waals surface area contributed by atoms with Crippen LogP contribution in [0, 0.1) is 11.6 Å². The molecule has 0 saturated carbocycles. The molecule has 2 atom stereocenters. The predicted molar refractivity (Wildman–Crippen MR) is 139 cm³/mol. The molecule has 39 heavy (non-hydrogen) atoms. The molecule has 0 spiro atoms. The van der Waals surface area contributed by atoms with E-state index < -0.39 is 17.6 Å². The van der Waals surface area contributed by atoms with Gasteiger partial charge < -0.3 is 15.0 Å². The molecule has 11 heteroatoms. The van der Waals surface area contributed by atoms with Crippen LogP contribution in [0.25, 0.3) is 5.52 Å². The molecule has 5 heterocycles. The molecule has 1 fully saturated rings. The van der Waals surface area contributed by atoms with Crippen LogP contribution < -0.4 is 10.2 Å². The van der Waals surface area contributed by atoms with Gasteiger partial charge in [-0.2, -0.15) is 10.2 Å². The topological polar surface area (TPSA) is 93.8 Å². The summed E-state index contributed by atoms with van der Waals surface area (Å²) in [6.07, 6.45) is 6.22. The minimum absolute atomic E-state index is 0.169. The van der Waals surface area contributed by atoms with Crippen LogP contribution in [-0.4, -0.2) is 50.5 Å². The summed E-state index contributed by atoms with van der Waals surface area (Å²) in [5.74, 6) is -1.61. The number of carbonyl (C=O) groups excluding carboxylic acids is 2. The number of benzene rings is 1. The third-order valence-corrected chi connectivity index (χ3v) is 7.48. The summed E-state index contributed by atoms with van der Waals surface area (Å²) in [5, 5.41) is 11.8.